The summed E-state index contributed by atoms with van der Waals surface area (Å²) in [5.74, 6) is 0. The molecule has 5 heteroatoms. The normalized spacial score (nSPS) is 10.8. The van der Waals surface area contributed by atoms with Crippen LogP contribution in [-0.4, -0.2) is 6.98 Å². The molecule has 0 fully saturated rings. The molecule has 13 heavy (non-hydrogen) atoms. The maximum absolute atomic E-state index is 11.9. The Morgan fingerprint density at radius 1 is 1.23 bits per heavy atom. The summed E-state index contributed by atoms with van der Waals surface area (Å²) in [5, 5.41) is 0. The van der Waals surface area contributed by atoms with E-state index in [1.54, 1.807) is 25.1 Å². The van der Waals surface area contributed by atoms with Gasteiger partial charge in [-0.3, -0.25) is 0 Å². The second kappa shape index (κ2) is 5.56. The minimum atomic E-state index is -4.70. The van der Waals surface area contributed by atoms with E-state index in [1.165, 1.54) is 6.07 Å². The van der Waals surface area contributed by atoms with E-state index < -0.39 is 13.3 Å². The Balaban J connectivity index is 0.00000144. The first-order chi connectivity index (χ1) is 5.47. The van der Waals surface area contributed by atoms with Gasteiger partial charge < -0.3 is 12.9 Å². The van der Waals surface area contributed by atoms with Gasteiger partial charge in [0.1, 0.15) is 0 Å². The molecule has 1 aromatic carbocycles. The Labute approximate surface area is 118 Å². The largest absolute Gasteiger partial charge is 1.00 e. The van der Waals surface area contributed by atoms with Gasteiger partial charge in [0.15, 0.2) is 0 Å². The van der Waals surface area contributed by atoms with Gasteiger partial charge >= 0.3 is 58.4 Å². The molecule has 0 aliphatic carbocycles. The van der Waals surface area contributed by atoms with Crippen LogP contribution in [0.5, 0.6) is 0 Å². The van der Waals surface area contributed by atoms with Gasteiger partial charge in [-0.05, 0) is 6.92 Å². The van der Waals surface area contributed by atoms with E-state index in [0.717, 1.165) is 5.56 Å². The van der Waals surface area contributed by atoms with Crippen LogP contribution in [0.4, 0.5) is 12.9 Å². The first-order valence-corrected chi connectivity index (χ1v) is 3.74. The van der Waals surface area contributed by atoms with E-state index in [2.05, 4.69) is 0 Å². The maximum Gasteiger partial charge on any atom is 1.00 e. The van der Waals surface area contributed by atoms with Crippen LogP contribution < -0.4 is 51.4 Å². The van der Waals surface area contributed by atoms with Crippen molar-refractivity contribution in [1.82, 2.24) is 0 Å². The molecule has 0 saturated heterocycles. The molecule has 0 bridgehead atoms. The van der Waals surface area contributed by atoms with Crippen LogP contribution in [0.25, 0.3) is 0 Å². The number of halogens is 3. The zero-order valence-corrected chi connectivity index (χ0v) is 10.9. The van der Waals surface area contributed by atoms with Crippen molar-refractivity contribution in [3.05, 3.63) is 35.4 Å². The first kappa shape index (κ1) is 13.7. The molecule has 0 radical (unpaired) electrons. The zero-order valence-electron chi connectivity index (χ0n) is 7.73. The van der Waals surface area contributed by atoms with Gasteiger partial charge in [0, 0.05) is 0 Å². The topological polar surface area (TPSA) is 0 Å². The molecular weight excluding hydrogens is 203 g/mol. The van der Waals surface area contributed by atoms with E-state index in [0.29, 0.717) is 5.56 Å². The summed E-state index contributed by atoms with van der Waals surface area (Å²) in [7, 11) is 0. The van der Waals surface area contributed by atoms with Gasteiger partial charge in [-0.15, -0.1) is 0 Å². The van der Waals surface area contributed by atoms with Crippen LogP contribution in [0.15, 0.2) is 24.3 Å². The smallest absolute Gasteiger partial charge is 0.449 e. The number of aryl methyl sites for hydroxylation is 1. The maximum atomic E-state index is 11.9. The molecule has 0 N–H and O–H groups in total. The SMILES string of the molecule is Cc1cccc(C[B-](F)(F)F)c1.[K+]. The Hall–Kier alpha value is 0.711. The number of hydrogen-bond acceptors (Lipinski definition) is 0. The van der Waals surface area contributed by atoms with Crippen LogP contribution in [0.1, 0.15) is 11.1 Å². The van der Waals surface area contributed by atoms with Gasteiger partial charge in [-0.1, -0.05) is 41.7 Å². The van der Waals surface area contributed by atoms with E-state index in [9.17, 15) is 12.9 Å². The number of benzene rings is 1. The van der Waals surface area contributed by atoms with Crippen LogP contribution in [0.2, 0.25) is 0 Å². The van der Waals surface area contributed by atoms with Crippen molar-refractivity contribution in [2.24, 2.45) is 0 Å². The van der Waals surface area contributed by atoms with Crippen molar-refractivity contribution in [2.45, 2.75) is 13.2 Å². The molecule has 0 aliphatic rings. The summed E-state index contributed by atoms with van der Waals surface area (Å²) in [4.78, 5) is 0. The van der Waals surface area contributed by atoms with E-state index in [1.807, 2.05) is 0 Å². The van der Waals surface area contributed by atoms with Crippen molar-refractivity contribution in [3.63, 3.8) is 0 Å². The summed E-state index contributed by atoms with van der Waals surface area (Å²) >= 11 is 0. The predicted molar refractivity (Wildman–Crippen MR) is 44.0 cm³/mol. The van der Waals surface area contributed by atoms with Gasteiger partial charge in [-0.2, -0.15) is 0 Å². The molecule has 0 nitrogen and oxygen atoms in total. The number of rotatable bonds is 2. The van der Waals surface area contributed by atoms with Crippen molar-refractivity contribution in [2.75, 3.05) is 0 Å². The molecule has 0 aromatic heterocycles. The summed E-state index contributed by atoms with van der Waals surface area (Å²) in [6, 6.07) is 6.50. The fourth-order valence-electron chi connectivity index (χ4n) is 1.11. The Bertz CT molecular complexity index is 272. The van der Waals surface area contributed by atoms with Crippen LogP contribution in [-0.2, 0) is 6.32 Å². The third-order valence-electron chi connectivity index (χ3n) is 1.55. The van der Waals surface area contributed by atoms with Crippen LogP contribution in [0, 0.1) is 6.92 Å². The average Bonchev–Trinajstić information content (AvgIpc) is 1.82. The Kier molecular flexibility index (Phi) is 5.86. The van der Waals surface area contributed by atoms with E-state index in [-0.39, 0.29) is 51.4 Å². The molecule has 0 heterocycles. The minimum Gasteiger partial charge on any atom is -0.449 e. The first-order valence-electron chi connectivity index (χ1n) is 3.74. The van der Waals surface area contributed by atoms with Crippen molar-refractivity contribution < 1.29 is 64.3 Å². The zero-order chi connectivity index (χ0) is 9.19. The van der Waals surface area contributed by atoms with Gasteiger partial charge in [0.25, 0.3) is 0 Å². The van der Waals surface area contributed by atoms with E-state index in [4.69, 9.17) is 0 Å². The molecule has 0 saturated carbocycles. The van der Waals surface area contributed by atoms with Crippen molar-refractivity contribution in [1.29, 1.82) is 0 Å². The quantitative estimate of drug-likeness (QED) is 0.602. The summed E-state index contributed by atoms with van der Waals surface area (Å²) in [5.41, 5.74) is 1.22. The van der Waals surface area contributed by atoms with E-state index >= 15 is 0 Å². The molecule has 0 aliphatic heterocycles. The minimum absolute atomic E-state index is 0. The third-order valence-corrected chi connectivity index (χ3v) is 1.55. The van der Waals surface area contributed by atoms with Gasteiger partial charge in [-0.25, -0.2) is 0 Å². The summed E-state index contributed by atoms with van der Waals surface area (Å²) in [6.45, 7) is -2.91. The molecule has 0 spiro atoms. The van der Waals surface area contributed by atoms with Crippen LogP contribution in [0.3, 0.4) is 0 Å². The second-order valence-electron chi connectivity index (χ2n) is 2.90. The predicted octanol–water partition coefficient (Wildman–Crippen LogP) is -0.0719. The third kappa shape index (κ3) is 5.91. The number of hydrogen-bond donors (Lipinski definition) is 0. The van der Waals surface area contributed by atoms with Crippen molar-refractivity contribution >= 4 is 6.98 Å². The molecule has 1 aromatic rings. The molecule has 0 amide bonds. The standard InChI is InChI=1S/C8H9BF3.K/c1-7-3-2-4-8(5-7)6-9(10,11)12;/h2-5H,6H2,1H3;/q-1;+1. The van der Waals surface area contributed by atoms with Crippen LogP contribution >= 0.6 is 0 Å². The second-order valence-corrected chi connectivity index (χ2v) is 2.90. The summed E-state index contributed by atoms with van der Waals surface area (Å²) in [6.07, 6.45) is -0.776. The molecule has 1 rings (SSSR count). The fourth-order valence-corrected chi connectivity index (χ4v) is 1.11. The fraction of sp³-hybridized carbons (Fsp3) is 0.250. The Morgan fingerprint density at radius 3 is 2.31 bits per heavy atom. The Morgan fingerprint density at radius 2 is 1.85 bits per heavy atom. The molecule has 0 atom stereocenters. The molecular formula is C8H9BF3K. The van der Waals surface area contributed by atoms with Crippen molar-refractivity contribution in [3.8, 4) is 0 Å². The summed E-state index contributed by atoms with van der Waals surface area (Å²) < 4.78 is 35.8. The average molecular weight is 212 g/mol. The monoisotopic (exact) mass is 212 g/mol. The molecule has 0 unspecified atom stereocenters. The van der Waals surface area contributed by atoms with Gasteiger partial charge in [0.05, 0.1) is 0 Å². The molecule has 66 valence electrons. The van der Waals surface area contributed by atoms with Gasteiger partial charge in [0.2, 0.25) is 0 Å².